The van der Waals surface area contributed by atoms with Crippen LogP contribution in [0, 0.1) is 5.82 Å². The number of hydrogen-bond donors (Lipinski definition) is 1. The maximum atomic E-state index is 13.8. The molecule has 0 radical (unpaired) electrons. The van der Waals surface area contributed by atoms with Crippen molar-refractivity contribution in [2.45, 2.75) is 44.6 Å². The zero-order chi connectivity index (χ0) is 14.8. The fourth-order valence-electron chi connectivity index (χ4n) is 3.23. The number of rotatable bonds is 2. The SMILES string of the molecule is Cn1c(C(=O)NC2CCCCCC2)cc2c(F)cccc21. The van der Waals surface area contributed by atoms with Gasteiger partial charge >= 0.3 is 0 Å². The molecule has 1 aliphatic carbocycles. The van der Waals surface area contributed by atoms with Crippen molar-refractivity contribution in [1.29, 1.82) is 0 Å². The highest BCUT2D eigenvalue weighted by atomic mass is 19.1. The van der Waals surface area contributed by atoms with Crippen molar-refractivity contribution < 1.29 is 9.18 Å². The first kappa shape index (κ1) is 14.1. The first-order chi connectivity index (χ1) is 10.2. The van der Waals surface area contributed by atoms with E-state index in [9.17, 15) is 9.18 Å². The average Bonchev–Trinajstić information content (AvgIpc) is 2.65. The van der Waals surface area contributed by atoms with Crippen molar-refractivity contribution in [3.63, 3.8) is 0 Å². The summed E-state index contributed by atoms with van der Waals surface area (Å²) in [7, 11) is 1.81. The average molecular weight is 288 g/mol. The Kier molecular flexibility index (Phi) is 3.95. The number of fused-ring (bicyclic) bond motifs is 1. The molecule has 1 heterocycles. The van der Waals surface area contributed by atoms with Crippen LogP contribution in [0.1, 0.15) is 49.0 Å². The van der Waals surface area contributed by atoms with Gasteiger partial charge in [0.15, 0.2) is 0 Å². The van der Waals surface area contributed by atoms with Crippen molar-refractivity contribution in [2.75, 3.05) is 0 Å². The number of amides is 1. The molecule has 21 heavy (non-hydrogen) atoms. The highest BCUT2D eigenvalue weighted by Gasteiger charge is 2.19. The number of benzene rings is 1. The van der Waals surface area contributed by atoms with Gasteiger partial charge < -0.3 is 9.88 Å². The smallest absolute Gasteiger partial charge is 0.268 e. The zero-order valence-corrected chi connectivity index (χ0v) is 12.4. The Balaban J connectivity index is 1.84. The van der Waals surface area contributed by atoms with E-state index < -0.39 is 0 Å². The molecule has 112 valence electrons. The first-order valence-corrected chi connectivity index (χ1v) is 7.71. The molecule has 1 saturated carbocycles. The van der Waals surface area contributed by atoms with Crippen molar-refractivity contribution >= 4 is 16.8 Å². The zero-order valence-electron chi connectivity index (χ0n) is 12.4. The lowest BCUT2D eigenvalue weighted by molar-refractivity contribution is 0.0925. The van der Waals surface area contributed by atoms with Crippen molar-refractivity contribution in [3.8, 4) is 0 Å². The molecule has 3 rings (SSSR count). The summed E-state index contributed by atoms with van der Waals surface area (Å²) < 4.78 is 15.6. The normalized spacial score (nSPS) is 16.9. The molecule has 0 atom stereocenters. The molecular formula is C17H21FN2O. The monoisotopic (exact) mass is 288 g/mol. The van der Waals surface area contributed by atoms with Gasteiger partial charge in [-0.15, -0.1) is 0 Å². The maximum Gasteiger partial charge on any atom is 0.268 e. The fourth-order valence-corrected chi connectivity index (χ4v) is 3.23. The van der Waals surface area contributed by atoms with Gasteiger partial charge in [-0.25, -0.2) is 4.39 Å². The molecule has 1 aliphatic rings. The Bertz CT molecular complexity index is 654. The second-order valence-electron chi connectivity index (χ2n) is 5.92. The van der Waals surface area contributed by atoms with Crippen LogP contribution in [0.5, 0.6) is 0 Å². The van der Waals surface area contributed by atoms with Gasteiger partial charge in [-0.3, -0.25) is 4.79 Å². The molecule has 3 nitrogen and oxygen atoms in total. The number of nitrogens with one attached hydrogen (secondary N) is 1. The number of hydrogen-bond acceptors (Lipinski definition) is 1. The van der Waals surface area contributed by atoms with Gasteiger partial charge in [0.25, 0.3) is 5.91 Å². The van der Waals surface area contributed by atoms with E-state index in [0.717, 1.165) is 18.4 Å². The standard InChI is InChI=1S/C17H21FN2O/c1-20-15-10-6-9-14(18)13(15)11-16(20)17(21)19-12-7-4-2-3-5-8-12/h6,9-12H,2-5,7-8H2,1H3,(H,19,21). The van der Waals surface area contributed by atoms with Gasteiger partial charge in [-0.1, -0.05) is 31.7 Å². The molecule has 0 aliphatic heterocycles. The third-order valence-electron chi connectivity index (χ3n) is 4.46. The van der Waals surface area contributed by atoms with Gasteiger partial charge in [0.1, 0.15) is 11.5 Å². The van der Waals surface area contributed by atoms with E-state index >= 15 is 0 Å². The Morgan fingerprint density at radius 2 is 1.95 bits per heavy atom. The van der Waals surface area contributed by atoms with E-state index in [1.165, 1.54) is 31.7 Å². The Hall–Kier alpha value is -1.84. The molecule has 1 fully saturated rings. The molecule has 1 N–H and O–H groups in total. The number of nitrogens with zero attached hydrogens (tertiary/aromatic N) is 1. The van der Waals surface area contributed by atoms with E-state index in [0.29, 0.717) is 11.1 Å². The van der Waals surface area contributed by atoms with Crippen LogP contribution in [0.2, 0.25) is 0 Å². The maximum absolute atomic E-state index is 13.8. The topological polar surface area (TPSA) is 34.0 Å². The lowest BCUT2D eigenvalue weighted by Gasteiger charge is -2.16. The van der Waals surface area contributed by atoms with E-state index in [4.69, 9.17) is 0 Å². The molecule has 1 aromatic heterocycles. The summed E-state index contributed by atoms with van der Waals surface area (Å²) in [5, 5.41) is 3.62. The summed E-state index contributed by atoms with van der Waals surface area (Å²) in [6, 6.07) is 6.83. The van der Waals surface area contributed by atoms with Gasteiger partial charge in [0.05, 0.1) is 5.52 Å². The number of carbonyl (C=O) groups is 1. The molecule has 1 amide bonds. The second kappa shape index (κ2) is 5.88. The molecule has 2 aromatic rings. The van der Waals surface area contributed by atoms with Crippen LogP contribution in [0.15, 0.2) is 24.3 Å². The van der Waals surface area contributed by atoms with Crippen LogP contribution in [0.4, 0.5) is 4.39 Å². The third kappa shape index (κ3) is 2.80. The summed E-state index contributed by atoms with van der Waals surface area (Å²) in [5.74, 6) is -0.378. The number of halogens is 1. The third-order valence-corrected chi connectivity index (χ3v) is 4.46. The number of carbonyl (C=O) groups excluding carboxylic acids is 1. The van der Waals surface area contributed by atoms with Crippen LogP contribution in [-0.2, 0) is 7.05 Å². The number of aromatic nitrogens is 1. The van der Waals surface area contributed by atoms with Crippen LogP contribution in [0.3, 0.4) is 0 Å². The highest BCUT2D eigenvalue weighted by molar-refractivity contribution is 5.99. The van der Waals surface area contributed by atoms with Crippen LogP contribution < -0.4 is 5.32 Å². The van der Waals surface area contributed by atoms with Crippen LogP contribution in [0.25, 0.3) is 10.9 Å². The minimum absolute atomic E-state index is 0.0972. The number of aryl methyl sites for hydroxylation is 1. The molecule has 0 spiro atoms. The predicted molar refractivity (Wildman–Crippen MR) is 81.8 cm³/mol. The Morgan fingerprint density at radius 1 is 1.24 bits per heavy atom. The van der Waals surface area contributed by atoms with Gasteiger partial charge in [0.2, 0.25) is 0 Å². The van der Waals surface area contributed by atoms with E-state index in [1.54, 1.807) is 16.7 Å². The molecule has 0 saturated heterocycles. The van der Waals surface area contributed by atoms with Crippen molar-refractivity contribution in [2.24, 2.45) is 7.05 Å². The first-order valence-electron chi connectivity index (χ1n) is 7.71. The Labute approximate surface area is 124 Å². The summed E-state index contributed by atoms with van der Waals surface area (Å²) in [6.07, 6.45) is 6.95. The van der Waals surface area contributed by atoms with E-state index in [2.05, 4.69) is 5.32 Å². The molecule has 0 bridgehead atoms. The summed E-state index contributed by atoms with van der Waals surface area (Å²) in [5.41, 5.74) is 1.28. The summed E-state index contributed by atoms with van der Waals surface area (Å²) in [4.78, 5) is 12.5. The second-order valence-corrected chi connectivity index (χ2v) is 5.92. The van der Waals surface area contributed by atoms with Crippen molar-refractivity contribution in [1.82, 2.24) is 9.88 Å². The van der Waals surface area contributed by atoms with Gasteiger partial charge in [0, 0.05) is 18.5 Å². The summed E-state index contributed by atoms with van der Waals surface area (Å²) in [6.45, 7) is 0. The van der Waals surface area contributed by atoms with Crippen molar-refractivity contribution in [3.05, 3.63) is 35.8 Å². The quantitative estimate of drug-likeness (QED) is 0.839. The molecule has 0 unspecified atom stereocenters. The largest absolute Gasteiger partial charge is 0.348 e. The Morgan fingerprint density at radius 3 is 2.62 bits per heavy atom. The molecule has 1 aromatic carbocycles. The lowest BCUT2D eigenvalue weighted by atomic mass is 10.1. The predicted octanol–water partition coefficient (Wildman–Crippen LogP) is 3.77. The fraction of sp³-hybridized carbons (Fsp3) is 0.471. The summed E-state index contributed by atoms with van der Waals surface area (Å²) >= 11 is 0. The van der Waals surface area contributed by atoms with Gasteiger partial charge in [-0.05, 0) is 31.0 Å². The van der Waals surface area contributed by atoms with Crippen LogP contribution in [-0.4, -0.2) is 16.5 Å². The highest BCUT2D eigenvalue weighted by Crippen LogP contribution is 2.22. The minimum atomic E-state index is -0.281. The minimum Gasteiger partial charge on any atom is -0.348 e. The molecular weight excluding hydrogens is 267 g/mol. The van der Waals surface area contributed by atoms with Crippen LogP contribution >= 0.6 is 0 Å². The lowest BCUT2D eigenvalue weighted by Crippen LogP contribution is -2.35. The van der Waals surface area contributed by atoms with E-state index in [-0.39, 0.29) is 17.8 Å². The molecule has 4 heteroatoms. The van der Waals surface area contributed by atoms with E-state index in [1.807, 2.05) is 13.1 Å². The van der Waals surface area contributed by atoms with Gasteiger partial charge in [-0.2, -0.15) is 0 Å².